The van der Waals surface area contributed by atoms with Gasteiger partial charge in [-0.3, -0.25) is 0 Å². The van der Waals surface area contributed by atoms with Crippen LogP contribution >= 0.6 is 0 Å². The SMILES string of the molecule is CCC(O)N(c1cc[c]cc1)C(O)CC. The molecule has 2 N–H and O–H groups in total. The summed E-state index contributed by atoms with van der Waals surface area (Å²) in [5.41, 5.74) is 0.817. The fraction of sp³-hybridized carbons (Fsp3) is 0.500. The fourth-order valence-corrected chi connectivity index (χ4v) is 1.49. The molecule has 0 aliphatic carbocycles. The summed E-state index contributed by atoms with van der Waals surface area (Å²) >= 11 is 0. The largest absolute Gasteiger partial charge is 0.374 e. The second-order valence-electron chi connectivity index (χ2n) is 3.44. The van der Waals surface area contributed by atoms with E-state index in [-0.39, 0.29) is 0 Å². The molecule has 0 saturated carbocycles. The van der Waals surface area contributed by atoms with Crippen molar-refractivity contribution in [3.63, 3.8) is 0 Å². The molecule has 83 valence electrons. The van der Waals surface area contributed by atoms with Crippen molar-refractivity contribution in [3.8, 4) is 0 Å². The van der Waals surface area contributed by atoms with Gasteiger partial charge in [-0.1, -0.05) is 26.0 Å². The van der Waals surface area contributed by atoms with Gasteiger partial charge in [-0.15, -0.1) is 0 Å². The van der Waals surface area contributed by atoms with Crippen LogP contribution in [0.5, 0.6) is 0 Å². The predicted molar refractivity (Wildman–Crippen MR) is 60.4 cm³/mol. The van der Waals surface area contributed by atoms with Crippen molar-refractivity contribution in [3.05, 3.63) is 30.3 Å². The maximum absolute atomic E-state index is 9.83. The number of benzene rings is 1. The monoisotopic (exact) mass is 208 g/mol. The smallest absolute Gasteiger partial charge is 0.128 e. The zero-order valence-electron chi connectivity index (χ0n) is 9.22. The minimum Gasteiger partial charge on any atom is -0.374 e. The van der Waals surface area contributed by atoms with Crippen LogP contribution in [0.4, 0.5) is 5.69 Å². The Labute approximate surface area is 91.0 Å². The van der Waals surface area contributed by atoms with Gasteiger partial charge in [0, 0.05) is 5.69 Å². The van der Waals surface area contributed by atoms with Crippen molar-refractivity contribution in [2.45, 2.75) is 39.1 Å². The lowest BCUT2D eigenvalue weighted by Crippen LogP contribution is -2.42. The molecule has 1 rings (SSSR count). The molecule has 1 radical (unpaired) electrons. The van der Waals surface area contributed by atoms with Crippen LogP contribution in [0.25, 0.3) is 0 Å². The van der Waals surface area contributed by atoms with Crippen molar-refractivity contribution < 1.29 is 10.2 Å². The standard InChI is InChI=1S/C12H18NO2/c1-3-11(14)13(12(15)4-2)10-8-6-5-7-9-10/h6-9,11-12,14-15H,3-4H2,1-2H3. The maximum Gasteiger partial charge on any atom is 0.128 e. The van der Waals surface area contributed by atoms with Crippen LogP contribution in [0.1, 0.15) is 26.7 Å². The molecular formula is C12H18NO2. The highest BCUT2D eigenvalue weighted by Gasteiger charge is 2.20. The lowest BCUT2D eigenvalue weighted by atomic mass is 10.2. The molecule has 1 aromatic carbocycles. The van der Waals surface area contributed by atoms with Crippen LogP contribution in [0, 0.1) is 6.07 Å². The Balaban J connectivity index is 2.91. The van der Waals surface area contributed by atoms with Gasteiger partial charge < -0.3 is 15.1 Å². The van der Waals surface area contributed by atoms with E-state index in [0.717, 1.165) is 5.69 Å². The summed E-state index contributed by atoms with van der Waals surface area (Å²) in [5.74, 6) is 0. The first kappa shape index (κ1) is 12.0. The molecule has 3 nitrogen and oxygen atoms in total. The van der Waals surface area contributed by atoms with E-state index < -0.39 is 12.5 Å². The second kappa shape index (κ2) is 5.73. The molecule has 0 aliphatic rings. The minimum absolute atomic E-state index is 0.579. The molecule has 0 saturated heterocycles. The Hall–Kier alpha value is -1.06. The first-order chi connectivity index (χ1) is 7.20. The highest BCUT2D eigenvalue weighted by molar-refractivity contribution is 5.46. The number of hydrogen-bond acceptors (Lipinski definition) is 3. The van der Waals surface area contributed by atoms with Crippen molar-refractivity contribution in [1.82, 2.24) is 0 Å². The summed E-state index contributed by atoms with van der Waals surface area (Å²) in [7, 11) is 0. The van der Waals surface area contributed by atoms with Gasteiger partial charge >= 0.3 is 0 Å². The van der Waals surface area contributed by atoms with Crippen LogP contribution < -0.4 is 4.90 Å². The van der Waals surface area contributed by atoms with Crippen molar-refractivity contribution in [1.29, 1.82) is 0 Å². The first-order valence-electron chi connectivity index (χ1n) is 5.31. The van der Waals surface area contributed by atoms with Crippen molar-refractivity contribution in [2.75, 3.05) is 4.90 Å². The Kier molecular flexibility index (Phi) is 4.59. The first-order valence-corrected chi connectivity index (χ1v) is 5.31. The Morgan fingerprint density at radius 2 is 1.60 bits per heavy atom. The molecule has 15 heavy (non-hydrogen) atoms. The van der Waals surface area contributed by atoms with Gasteiger partial charge in [0.1, 0.15) is 12.5 Å². The number of hydrogen-bond donors (Lipinski definition) is 2. The number of aliphatic hydroxyl groups excluding tert-OH is 2. The molecule has 3 heteroatoms. The van der Waals surface area contributed by atoms with Crippen LogP contribution in [0.3, 0.4) is 0 Å². The van der Waals surface area contributed by atoms with Gasteiger partial charge in [0.25, 0.3) is 0 Å². The number of aliphatic hydroxyl groups is 2. The van der Waals surface area contributed by atoms with Gasteiger partial charge in [-0.2, -0.15) is 0 Å². The zero-order valence-corrected chi connectivity index (χ0v) is 9.22. The summed E-state index contributed by atoms with van der Waals surface area (Å²) in [4.78, 5) is 1.62. The molecule has 0 aromatic heterocycles. The number of nitrogens with zero attached hydrogens (tertiary/aromatic N) is 1. The van der Waals surface area contributed by atoms with Gasteiger partial charge in [0.2, 0.25) is 0 Å². The maximum atomic E-state index is 9.83. The third-order valence-electron chi connectivity index (χ3n) is 2.37. The van der Waals surface area contributed by atoms with E-state index in [1.165, 1.54) is 0 Å². The van der Waals surface area contributed by atoms with Gasteiger partial charge in [0.15, 0.2) is 0 Å². The lowest BCUT2D eigenvalue weighted by Gasteiger charge is -2.33. The molecule has 0 aliphatic heterocycles. The van der Waals surface area contributed by atoms with E-state index >= 15 is 0 Å². The summed E-state index contributed by atoms with van der Waals surface area (Å²) in [6.07, 6.45) is -0.143. The third kappa shape index (κ3) is 2.94. The van der Waals surface area contributed by atoms with Crippen LogP contribution in [-0.2, 0) is 0 Å². The number of rotatable bonds is 5. The highest BCUT2D eigenvalue weighted by atomic mass is 16.3. The van der Waals surface area contributed by atoms with E-state index in [0.29, 0.717) is 12.8 Å². The van der Waals surface area contributed by atoms with Crippen LogP contribution in [-0.4, -0.2) is 22.7 Å². The average Bonchev–Trinajstić information content (AvgIpc) is 2.30. The van der Waals surface area contributed by atoms with E-state index in [4.69, 9.17) is 0 Å². The summed E-state index contributed by atoms with van der Waals surface area (Å²) in [6, 6.07) is 10.1. The van der Waals surface area contributed by atoms with Gasteiger partial charge in [-0.05, 0) is 31.0 Å². The van der Waals surface area contributed by atoms with E-state index in [9.17, 15) is 10.2 Å². The Morgan fingerprint density at radius 3 is 2.00 bits per heavy atom. The highest BCUT2D eigenvalue weighted by Crippen LogP contribution is 2.20. The van der Waals surface area contributed by atoms with Crippen molar-refractivity contribution >= 4 is 5.69 Å². The molecule has 0 fully saturated rings. The summed E-state index contributed by atoms with van der Waals surface area (Å²) in [5, 5.41) is 19.7. The lowest BCUT2D eigenvalue weighted by molar-refractivity contribution is 0.0798. The molecule has 0 bridgehead atoms. The van der Waals surface area contributed by atoms with Gasteiger partial charge in [0.05, 0.1) is 0 Å². The van der Waals surface area contributed by atoms with Crippen LogP contribution in [0.2, 0.25) is 0 Å². The van der Waals surface area contributed by atoms with Crippen molar-refractivity contribution in [2.24, 2.45) is 0 Å². The topological polar surface area (TPSA) is 43.7 Å². The Morgan fingerprint density at radius 1 is 1.13 bits per heavy atom. The molecule has 0 spiro atoms. The van der Waals surface area contributed by atoms with Crippen LogP contribution in [0.15, 0.2) is 24.3 Å². The molecule has 0 amide bonds. The third-order valence-corrected chi connectivity index (χ3v) is 2.37. The second-order valence-corrected chi connectivity index (χ2v) is 3.44. The fourth-order valence-electron chi connectivity index (χ4n) is 1.49. The molecule has 1 aromatic rings. The molecule has 2 unspecified atom stereocenters. The Bertz CT molecular complexity index is 266. The summed E-state index contributed by atoms with van der Waals surface area (Å²) < 4.78 is 0. The van der Waals surface area contributed by atoms with E-state index in [1.54, 1.807) is 17.0 Å². The van der Waals surface area contributed by atoms with E-state index in [1.807, 2.05) is 26.0 Å². The normalized spacial score (nSPS) is 14.7. The van der Waals surface area contributed by atoms with E-state index in [2.05, 4.69) is 6.07 Å². The molecule has 2 atom stereocenters. The summed E-state index contributed by atoms with van der Waals surface area (Å²) in [6.45, 7) is 3.77. The minimum atomic E-state index is -0.651. The predicted octanol–water partition coefficient (Wildman–Crippen LogP) is 1.75. The van der Waals surface area contributed by atoms with Gasteiger partial charge in [-0.25, -0.2) is 0 Å². The average molecular weight is 208 g/mol. The quantitative estimate of drug-likeness (QED) is 0.724. The molecule has 0 heterocycles. The zero-order chi connectivity index (χ0) is 11.3. The molecular weight excluding hydrogens is 190 g/mol. The number of anilines is 1.